The van der Waals surface area contributed by atoms with E-state index in [9.17, 15) is 13.2 Å². The molecule has 0 aliphatic carbocycles. The smallest absolute Gasteiger partial charge is 0.246 e. The molecule has 0 fully saturated rings. The van der Waals surface area contributed by atoms with Gasteiger partial charge in [0.15, 0.2) is 0 Å². The molecule has 0 spiro atoms. The van der Waals surface area contributed by atoms with Gasteiger partial charge in [-0.2, -0.15) is 4.98 Å². The number of anilines is 1. The van der Waals surface area contributed by atoms with Gasteiger partial charge < -0.3 is 9.84 Å². The number of hydrogen-bond acceptors (Lipinski definition) is 7. The van der Waals surface area contributed by atoms with Crippen molar-refractivity contribution in [1.82, 2.24) is 15.5 Å². The van der Waals surface area contributed by atoms with E-state index in [-0.39, 0.29) is 12.4 Å². The lowest BCUT2D eigenvalue weighted by Gasteiger charge is -2.28. The van der Waals surface area contributed by atoms with Crippen LogP contribution < -0.4 is 9.62 Å². The van der Waals surface area contributed by atoms with E-state index in [4.69, 9.17) is 4.52 Å². The summed E-state index contributed by atoms with van der Waals surface area (Å²) in [6.07, 6.45) is 1.07. The van der Waals surface area contributed by atoms with E-state index >= 15 is 0 Å². The Kier molecular flexibility index (Phi) is 5.80. The first kappa shape index (κ1) is 20.0. The standard InChI is InChI=1S/C18H20N4O4S2/c1-12-6-4-7-14(10-12)22(28(3,24)25)13(2)18(23)19-11-16-20-17(21-26-16)15-8-5-9-27-15/h4-10,13H,11H2,1-3H3,(H,19,23)/t13-/m1/s1. The van der Waals surface area contributed by atoms with Crippen molar-refractivity contribution in [3.63, 3.8) is 0 Å². The van der Waals surface area contributed by atoms with Crippen LogP contribution in [0.2, 0.25) is 0 Å². The predicted octanol–water partition coefficient (Wildman–Crippen LogP) is 2.58. The number of benzene rings is 1. The summed E-state index contributed by atoms with van der Waals surface area (Å²) >= 11 is 1.48. The highest BCUT2D eigenvalue weighted by Gasteiger charge is 2.29. The van der Waals surface area contributed by atoms with E-state index in [1.165, 1.54) is 18.3 Å². The van der Waals surface area contributed by atoms with Crippen LogP contribution in [0.15, 0.2) is 46.3 Å². The third kappa shape index (κ3) is 4.57. The minimum absolute atomic E-state index is 0.00691. The maximum atomic E-state index is 12.6. The fraction of sp³-hybridized carbons (Fsp3) is 0.278. The van der Waals surface area contributed by atoms with Crippen LogP contribution in [0, 0.1) is 6.92 Å². The number of aryl methyl sites for hydroxylation is 1. The van der Waals surface area contributed by atoms with Crippen LogP contribution in [0.4, 0.5) is 5.69 Å². The predicted molar refractivity (Wildman–Crippen MR) is 107 cm³/mol. The Hall–Kier alpha value is -2.72. The van der Waals surface area contributed by atoms with Crippen LogP contribution >= 0.6 is 11.3 Å². The van der Waals surface area contributed by atoms with Crippen molar-refractivity contribution in [2.75, 3.05) is 10.6 Å². The second-order valence-electron chi connectivity index (χ2n) is 6.28. The van der Waals surface area contributed by atoms with Gasteiger partial charge in [0.1, 0.15) is 6.04 Å². The molecule has 148 valence electrons. The SMILES string of the molecule is Cc1cccc(N([C@H](C)C(=O)NCc2nc(-c3cccs3)no2)S(C)(=O)=O)c1. The van der Waals surface area contributed by atoms with Crippen molar-refractivity contribution in [3.8, 4) is 10.7 Å². The molecule has 1 aromatic carbocycles. The monoisotopic (exact) mass is 420 g/mol. The van der Waals surface area contributed by atoms with E-state index in [1.54, 1.807) is 18.2 Å². The van der Waals surface area contributed by atoms with Crippen molar-refractivity contribution in [3.05, 3.63) is 53.2 Å². The maximum Gasteiger partial charge on any atom is 0.246 e. The number of thiophene rings is 1. The number of nitrogens with one attached hydrogen (secondary N) is 1. The number of nitrogens with zero attached hydrogens (tertiary/aromatic N) is 3. The molecule has 0 saturated heterocycles. The molecule has 3 aromatic rings. The summed E-state index contributed by atoms with van der Waals surface area (Å²) in [5.74, 6) is 0.220. The lowest BCUT2D eigenvalue weighted by Crippen LogP contribution is -2.47. The number of sulfonamides is 1. The van der Waals surface area contributed by atoms with Crippen LogP contribution in [0.3, 0.4) is 0 Å². The van der Waals surface area contributed by atoms with Crippen LogP contribution in [0.1, 0.15) is 18.4 Å². The molecule has 2 heterocycles. The summed E-state index contributed by atoms with van der Waals surface area (Å²) in [7, 11) is -3.66. The van der Waals surface area contributed by atoms with Gasteiger partial charge in [0.05, 0.1) is 23.4 Å². The number of rotatable bonds is 7. The Balaban J connectivity index is 1.71. The normalized spacial score (nSPS) is 12.5. The molecule has 2 aromatic heterocycles. The Labute approximate surface area is 167 Å². The van der Waals surface area contributed by atoms with Crippen molar-refractivity contribution in [2.45, 2.75) is 26.4 Å². The van der Waals surface area contributed by atoms with Crippen molar-refractivity contribution in [2.24, 2.45) is 0 Å². The highest BCUT2D eigenvalue weighted by molar-refractivity contribution is 7.92. The highest BCUT2D eigenvalue weighted by atomic mass is 32.2. The number of carbonyl (C=O) groups excluding carboxylic acids is 1. The molecule has 10 heteroatoms. The summed E-state index contributed by atoms with van der Waals surface area (Å²) in [6.45, 7) is 3.39. The zero-order valence-electron chi connectivity index (χ0n) is 15.6. The average molecular weight is 421 g/mol. The Morgan fingerprint density at radius 2 is 2.11 bits per heavy atom. The molecule has 1 atom stereocenters. The summed E-state index contributed by atoms with van der Waals surface area (Å²) in [4.78, 5) is 17.7. The summed E-state index contributed by atoms with van der Waals surface area (Å²) in [6, 6.07) is 9.78. The van der Waals surface area contributed by atoms with Gasteiger partial charge in [-0.05, 0) is 43.0 Å². The highest BCUT2D eigenvalue weighted by Crippen LogP contribution is 2.23. The first-order chi connectivity index (χ1) is 13.3. The van der Waals surface area contributed by atoms with Crippen LogP contribution in [-0.4, -0.2) is 36.8 Å². The lowest BCUT2D eigenvalue weighted by molar-refractivity contribution is -0.122. The van der Waals surface area contributed by atoms with Gasteiger partial charge in [-0.3, -0.25) is 9.10 Å². The Morgan fingerprint density at radius 1 is 1.32 bits per heavy atom. The molecule has 1 N–H and O–H groups in total. The largest absolute Gasteiger partial charge is 0.345 e. The Morgan fingerprint density at radius 3 is 2.75 bits per heavy atom. The molecule has 0 aliphatic heterocycles. The second kappa shape index (κ2) is 8.11. The van der Waals surface area contributed by atoms with E-state index in [1.807, 2.05) is 30.5 Å². The minimum atomic E-state index is -3.66. The van der Waals surface area contributed by atoms with Crippen molar-refractivity contribution in [1.29, 1.82) is 0 Å². The van der Waals surface area contributed by atoms with E-state index in [0.717, 1.165) is 21.0 Å². The zero-order valence-corrected chi connectivity index (χ0v) is 17.3. The number of amides is 1. The summed E-state index contributed by atoms with van der Waals surface area (Å²) in [5, 5.41) is 8.44. The summed E-state index contributed by atoms with van der Waals surface area (Å²) in [5.41, 5.74) is 1.33. The van der Waals surface area contributed by atoms with Gasteiger partial charge in [0.2, 0.25) is 27.6 Å². The van der Waals surface area contributed by atoms with Crippen molar-refractivity contribution < 1.29 is 17.7 Å². The number of carbonyl (C=O) groups is 1. The molecule has 8 nitrogen and oxygen atoms in total. The van der Waals surface area contributed by atoms with E-state index in [0.29, 0.717) is 11.5 Å². The van der Waals surface area contributed by atoms with Crippen LogP contribution in [0.25, 0.3) is 10.7 Å². The first-order valence-electron chi connectivity index (χ1n) is 8.46. The molecule has 1 amide bonds. The van der Waals surface area contributed by atoms with E-state index < -0.39 is 22.0 Å². The maximum absolute atomic E-state index is 12.6. The molecule has 3 rings (SSSR count). The number of hydrogen-bond donors (Lipinski definition) is 1. The van der Waals surface area contributed by atoms with Gasteiger partial charge in [0.25, 0.3) is 0 Å². The molecule has 0 radical (unpaired) electrons. The molecule has 28 heavy (non-hydrogen) atoms. The molecular formula is C18H20N4O4S2. The molecule has 0 saturated carbocycles. The second-order valence-corrected chi connectivity index (χ2v) is 9.09. The van der Waals surface area contributed by atoms with Gasteiger partial charge in [-0.15, -0.1) is 11.3 Å². The topological polar surface area (TPSA) is 105 Å². The average Bonchev–Trinajstić information content (AvgIpc) is 3.30. The Bertz CT molecular complexity index is 1060. The third-order valence-corrected chi connectivity index (χ3v) is 6.08. The molecular weight excluding hydrogens is 400 g/mol. The lowest BCUT2D eigenvalue weighted by atomic mass is 10.2. The van der Waals surface area contributed by atoms with Gasteiger partial charge in [0, 0.05) is 0 Å². The first-order valence-corrected chi connectivity index (χ1v) is 11.2. The fourth-order valence-corrected chi connectivity index (χ4v) is 4.53. The molecule has 0 bridgehead atoms. The van der Waals surface area contributed by atoms with Gasteiger partial charge in [-0.1, -0.05) is 23.4 Å². The molecule has 0 unspecified atom stereocenters. The summed E-state index contributed by atoms with van der Waals surface area (Å²) < 4.78 is 30.9. The van der Waals surface area contributed by atoms with Gasteiger partial charge in [-0.25, -0.2) is 8.42 Å². The zero-order chi connectivity index (χ0) is 20.3. The van der Waals surface area contributed by atoms with Gasteiger partial charge >= 0.3 is 0 Å². The van der Waals surface area contributed by atoms with E-state index in [2.05, 4.69) is 15.5 Å². The fourth-order valence-electron chi connectivity index (χ4n) is 2.72. The number of aromatic nitrogens is 2. The van der Waals surface area contributed by atoms with Crippen LogP contribution in [-0.2, 0) is 21.4 Å². The van der Waals surface area contributed by atoms with Crippen LogP contribution in [0.5, 0.6) is 0 Å². The third-order valence-electron chi connectivity index (χ3n) is 3.97. The minimum Gasteiger partial charge on any atom is -0.345 e. The van der Waals surface area contributed by atoms with Crippen molar-refractivity contribution >= 4 is 33.0 Å². The molecule has 0 aliphatic rings. The quantitative estimate of drug-likeness (QED) is 0.630.